The molecule has 242 valence electrons. The van der Waals surface area contributed by atoms with Crippen LogP contribution < -0.4 is 4.90 Å². The number of ether oxygens (including phenoxy) is 1. The third-order valence-corrected chi connectivity index (χ3v) is 13.9. The Morgan fingerprint density at radius 1 is 0.909 bits per heavy atom. The standard InChI is InChI=1S/C38H57NO4Si/c1-14-38(15-2,30-22-24-32(25-23-30)39(10)34(40)17-16-18-35(41)42-11)31-21-19-29(28(3)27-31)20-26-33(36(4,5)6)43-44(12,13)37(7,8)9/h19,21-25,27,33H,14-18H2,1-13H3. The number of nitrogens with zero attached hydrogens (tertiary/aromatic N) is 1. The zero-order valence-corrected chi connectivity index (χ0v) is 30.7. The van der Waals surface area contributed by atoms with Crippen molar-refractivity contribution in [1.82, 2.24) is 0 Å². The number of hydrogen-bond donors (Lipinski definition) is 0. The predicted octanol–water partition coefficient (Wildman–Crippen LogP) is 9.20. The summed E-state index contributed by atoms with van der Waals surface area (Å²) in [5.41, 5.74) is 5.29. The van der Waals surface area contributed by atoms with Gasteiger partial charge in [0.2, 0.25) is 5.91 Å². The lowest BCUT2D eigenvalue weighted by Crippen LogP contribution is -2.46. The third-order valence-electron chi connectivity index (χ3n) is 9.51. The van der Waals surface area contributed by atoms with E-state index in [0.29, 0.717) is 12.8 Å². The van der Waals surface area contributed by atoms with Gasteiger partial charge in [-0.1, -0.05) is 91.5 Å². The molecule has 1 amide bonds. The highest BCUT2D eigenvalue weighted by Crippen LogP contribution is 2.41. The van der Waals surface area contributed by atoms with E-state index in [1.165, 1.54) is 18.2 Å². The Hall–Kier alpha value is -2.88. The molecule has 2 rings (SSSR count). The van der Waals surface area contributed by atoms with E-state index in [1.807, 2.05) is 12.1 Å². The number of anilines is 1. The van der Waals surface area contributed by atoms with Crippen LogP contribution in [-0.4, -0.2) is 40.5 Å². The van der Waals surface area contributed by atoms with Crippen molar-refractivity contribution in [2.45, 2.75) is 124 Å². The van der Waals surface area contributed by atoms with Gasteiger partial charge in [0.1, 0.15) is 6.10 Å². The van der Waals surface area contributed by atoms with Crippen molar-refractivity contribution in [2.24, 2.45) is 5.41 Å². The fourth-order valence-electron chi connectivity index (χ4n) is 5.17. The third kappa shape index (κ3) is 9.08. The lowest BCUT2D eigenvalue weighted by Gasteiger charge is -2.41. The van der Waals surface area contributed by atoms with E-state index in [2.05, 4.69) is 122 Å². The highest BCUT2D eigenvalue weighted by atomic mass is 28.4. The van der Waals surface area contributed by atoms with Crippen LogP contribution in [0, 0.1) is 24.2 Å². The van der Waals surface area contributed by atoms with Crippen LogP contribution in [0.5, 0.6) is 0 Å². The van der Waals surface area contributed by atoms with Crippen molar-refractivity contribution in [1.29, 1.82) is 0 Å². The number of carbonyl (C=O) groups excluding carboxylic acids is 2. The van der Waals surface area contributed by atoms with Crippen LogP contribution in [0.4, 0.5) is 5.69 Å². The monoisotopic (exact) mass is 619 g/mol. The molecule has 0 aromatic heterocycles. The second-order valence-electron chi connectivity index (χ2n) is 14.6. The Balaban J connectivity index is 2.35. The smallest absolute Gasteiger partial charge is 0.305 e. The number of rotatable bonds is 11. The van der Waals surface area contributed by atoms with E-state index in [-0.39, 0.29) is 40.3 Å². The van der Waals surface area contributed by atoms with E-state index >= 15 is 0 Å². The van der Waals surface area contributed by atoms with Gasteiger partial charge in [-0.2, -0.15) is 0 Å². The minimum absolute atomic E-state index is 0.0189. The first kappa shape index (κ1) is 37.3. The highest BCUT2D eigenvalue weighted by molar-refractivity contribution is 6.74. The summed E-state index contributed by atoms with van der Waals surface area (Å²) >= 11 is 0. The van der Waals surface area contributed by atoms with Gasteiger partial charge >= 0.3 is 5.97 Å². The Bertz CT molecular complexity index is 1330. The minimum Gasteiger partial charge on any atom is -0.469 e. The van der Waals surface area contributed by atoms with Gasteiger partial charge in [0.25, 0.3) is 0 Å². The lowest BCUT2D eigenvalue weighted by molar-refractivity contribution is -0.140. The molecular formula is C38H57NO4Si. The fraction of sp³-hybridized carbons (Fsp3) is 0.579. The highest BCUT2D eigenvalue weighted by Gasteiger charge is 2.41. The topological polar surface area (TPSA) is 55.8 Å². The molecule has 2 aromatic carbocycles. The van der Waals surface area contributed by atoms with Crippen LogP contribution >= 0.6 is 0 Å². The van der Waals surface area contributed by atoms with Crippen molar-refractivity contribution < 1.29 is 18.8 Å². The summed E-state index contributed by atoms with van der Waals surface area (Å²) in [6.07, 6.45) is 2.77. The SMILES string of the molecule is CCC(CC)(c1ccc(N(C)C(=O)CCCC(=O)OC)cc1)c1ccc(C#CC(O[Si](C)(C)C(C)(C)C)C(C)(C)C)c(C)c1. The first-order chi connectivity index (χ1) is 20.3. The summed E-state index contributed by atoms with van der Waals surface area (Å²) in [7, 11) is 1.17. The molecule has 0 saturated heterocycles. The van der Waals surface area contributed by atoms with Crippen LogP contribution in [0.1, 0.15) is 110 Å². The van der Waals surface area contributed by atoms with E-state index < -0.39 is 8.32 Å². The molecule has 2 aromatic rings. The van der Waals surface area contributed by atoms with Crippen molar-refractivity contribution >= 4 is 25.9 Å². The normalized spacial score (nSPS) is 13.1. The van der Waals surface area contributed by atoms with Gasteiger partial charge in [-0.25, -0.2) is 0 Å². The van der Waals surface area contributed by atoms with Gasteiger partial charge < -0.3 is 14.1 Å². The number of amides is 1. The van der Waals surface area contributed by atoms with Gasteiger partial charge in [0, 0.05) is 36.6 Å². The van der Waals surface area contributed by atoms with Crippen molar-refractivity contribution in [3.8, 4) is 11.8 Å². The number of methoxy groups -OCH3 is 1. The Labute approximate surface area is 269 Å². The number of aryl methyl sites for hydroxylation is 1. The zero-order chi connectivity index (χ0) is 33.5. The number of carbonyl (C=O) groups is 2. The second-order valence-corrected chi connectivity index (χ2v) is 19.4. The molecule has 0 fully saturated rings. The number of hydrogen-bond acceptors (Lipinski definition) is 4. The molecule has 44 heavy (non-hydrogen) atoms. The Morgan fingerprint density at radius 3 is 1.95 bits per heavy atom. The average Bonchev–Trinajstić information content (AvgIpc) is 2.95. The van der Waals surface area contributed by atoms with Crippen molar-refractivity contribution in [3.63, 3.8) is 0 Å². The minimum atomic E-state index is -1.98. The largest absolute Gasteiger partial charge is 0.469 e. The van der Waals surface area contributed by atoms with E-state index in [0.717, 1.165) is 29.7 Å². The Morgan fingerprint density at radius 2 is 1.48 bits per heavy atom. The second kappa shape index (κ2) is 14.9. The first-order valence-electron chi connectivity index (χ1n) is 16.1. The molecule has 0 aliphatic carbocycles. The van der Waals surface area contributed by atoms with Gasteiger partial charge in [-0.05, 0) is 84.6 Å². The molecule has 0 aliphatic rings. The molecule has 0 heterocycles. The molecule has 0 radical (unpaired) electrons. The molecule has 1 atom stereocenters. The molecule has 0 N–H and O–H groups in total. The summed E-state index contributed by atoms with van der Waals surface area (Å²) in [6.45, 7) is 24.6. The summed E-state index contributed by atoms with van der Waals surface area (Å²) in [5.74, 6) is 6.69. The molecule has 0 spiro atoms. The maximum absolute atomic E-state index is 12.7. The first-order valence-corrected chi connectivity index (χ1v) is 19.0. The lowest BCUT2D eigenvalue weighted by atomic mass is 9.70. The molecule has 6 heteroatoms. The maximum atomic E-state index is 12.7. The van der Waals surface area contributed by atoms with Gasteiger partial charge in [0.05, 0.1) is 7.11 Å². The fourth-order valence-corrected chi connectivity index (χ4v) is 6.53. The van der Waals surface area contributed by atoms with Crippen molar-refractivity contribution in [3.05, 3.63) is 64.7 Å². The Kier molecular flexibility index (Phi) is 12.7. The molecule has 0 bridgehead atoms. The summed E-state index contributed by atoms with van der Waals surface area (Å²) in [4.78, 5) is 25.8. The molecular weight excluding hydrogens is 563 g/mol. The number of esters is 1. The van der Waals surface area contributed by atoms with Gasteiger partial charge in [-0.3, -0.25) is 9.59 Å². The maximum Gasteiger partial charge on any atom is 0.305 e. The summed E-state index contributed by atoms with van der Waals surface area (Å²) in [5, 5.41) is 0.119. The van der Waals surface area contributed by atoms with Crippen LogP contribution in [0.15, 0.2) is 42.5 Å². The van der Waals surface area contributed by atoms with Crippen LogP contribution in [0.3, 0.4) is 0 Å². The number of benzene rings is 2. The van der Waals surface area contributed by atoms with Crippen LogP contribution in [-0.2, 0) is 24.2 Å². The predicted molar refractivity (Wildman–Crippen MR) is 187 cm³/mol. The summed E-state index contributed by atoms with van der Waals surface area (Å²) < 4.78 is 11.5. The molecule has 0 aliphatic heterocycles. The van der Waals surface area contributed by atoms with E-state index in [1.54, 1.807) is 11.9 Å². The van der Waals surface area contributed by atoms with Gasteiger partial charge in [-0.15, -0.1) is 0 Å². The van der Waals surface area contributed by atoms with Crippen LogP contribution in [0.25, 0.3) is 0 Å². The van der Waals surface area contributed by atoms with Gasteiger partial charge in [0.15, 0.2) is 8.32 Å². The zero-order valence-electron chi connectivity index (χ0n) is 29.7. The average molecular weight is 620 g/mol. The summed E-state index contributed by atoms with van der Waals surface area (Å²) in [6, 6.07) is 15.0. The van der Waals surface area contributed by atoms with E-state index in [9.17, 15) is 9.59 Å². The van der Waals surface area contributed by atoms with Crippen LogP contribution in [0.2, 0.25) is 18.1 Å². The molecule has 0 saturated carbocycles. The molecule has 5 nitrogen and oxygen atoms in total. The molecule has 1 unspecified atom stereocenters. The van der Waals surface area contributed by atoms with Crippen molar-refractivity contribution in [2.75, 3.05) is 19.1 Å². The van der Waals surface area contributed by atoms with E-state index in [4.69, 9.17) is 4.43 Å². The quantitative estimate of drug-likeness (QED) is 0.143.